The Morgan fingerprint density at radius 1 is 1.23 bits per heavy atom. The average Bonchev–Trinajstić information content (AvgIpc) is 3.15. The highest BCUT2D eigenvalue weighted by molar-refractivity contribution is 8.00. The molecule has 1 N–H and O–H groups in total. The standard InChI is InChI=1S/C17H15N3OS/c21-16-11-22-17(20(16)10-12-4-2-1-3-5-12)13-6-7-15-14(8-13)9-18-19-15/h1-9,17H,10-11H2,(H,18,19)/t17-/m1/s1. The summed E-state index contributed by atoms with van der Waals surface area (Å²) < 4.78 is 0. The van der Waals surface area contributed by atoms with Gasteiger partial charge in [0.1, 0.15) is 5.37 Å². The molecule has 1 aliphatic heterocycles. The van der Waals surface area contributed by atoms with E-state index in [1.54, 1.807) is 11.8 Å². The van der Waals surface area contributed by atoms with Gasteiger partial charge in [-0.15, -0.1) is 11.8 Å². The van der Waals surface area contributed by atoms with Crippen LogP contribution in [0.25, 0.3) is 10.9 Å². The van der Waals surface area contributed by atoms with E-state index in [-0.39, 0.29) is 11.3 Å². The summed E-state index contributed by atoms with van der Waals surface area (Å²) in [6, 6.07) is 16.4. The Morgan fingerprint density at radius 3 is 2.95 bits per heavy atom. The van der Waals surface area contributed by atoms with E-state index in [9.17, 15) is 4.79 Å². The molecule has 0 radical (unpaired) electrons. The van der Waals surface area contributed by atoms with Gasteiger partial charge in [0.05, 0.1) is 17.5 Å². The molecule has 0 saturated carbocycles. The summed E-state index contributed by atoms with van der Waals surface area (Å²) in [5.41, 5.74) is 3.33. The molecule has 2 heterocycles. The Morgan fingerprint density at radius 2 is 2.09 bits per heavy atom. The van der Waals surface area contributed by atoms with Gasteiger partial charge < -0.3 is 4.90 Å². The minimum Gasteiger partial charge on any atom is -0.322 e. The summed E-state index contributed by atoms with van der Waals surface area (Å²) in [7, 11) is 0. The van der Waals surface area contributed by atoms with Crippen LogP contribution in [0.3, 0.4) is 0 Å². The first-order valence-corrected chi connectivity index (χ1v) is 8.24. The largest absolute Gasteiger partial charge is 0.322 e. The third-order valence-electron chi connectivity index (χ3n) is 3.91. The van der Waals surface area contributed by atoms with Gasteiger partial charge in [-0.25, -0.2) is 0 Å². The molecule has 0 spiro atoms. The fourth-order valence-corrected chi connectivity index (χ4v) is 3.97. The van der Waals surface area contributed by atoms with Crippen molar-refractivity contribution in [1.29, 1.82) is 0 Å². The smallest absolute Gasteiger partial charge is 0.234 e. The number of amides is 1. The lowest BCUT2D eigenvalue weighted by atomic mass is 10.1. The molecular weight excluding hydrogens is 294 g/mol. The molecule has 1 fully saturated rings. The molecule has 0 bridgehead atoms. The van der Waals surface area contributed by atoms with Crippen molar-refractivity contribution in [3.63, 3.8) is 0 Å². The highest BCUT2D eigenvalue weighted by Crippen LogP contribution is 2.40. The van der Waals surface area contributed by atoms with E-state index in [0.29, 0.717) is 12.3 Å². The maximum Gasteiger partial charge on any atom is 0.234 e. The van der Waals surface area contributed by atoms with Crippen molar-refractivity contribution in [1.82, 2.24) is 15.1 Å². The summed E-state index contributed by atoms with van der Waals surface area (Å²) in [5.74, 6) is 0.743. The van der Waals surface area contributed by atoms with Crippen molar-refractivity contribution in [2.75, 3.05) is 5.75 Å². The van der Waals surface area contributed by atoms with Crippen molar-refractivity contribution in [2.24, 2.45) is 0 Å². The van der Waals surface area contributed by atoms with Crippen molar-refractivity contribution in [3.05, 3.63) is 65.9 Å². The van der Waals surface area contributed by atoms with Crippen LogP contribution in [0, 0.1) is 0 Å². The molecule has 1 aliphatic rings. The molecule has 0 aliphatic carbocycles. The highest BCUT2D eigenvalue weighted by Gasteiger charge is 2.32. The van der Waals surface area contributed by atoms with Gasteiger partial charge in [0.25, 0.3) is 0 Å². The number of nitrogens with zero attached hydrogens (tertiary/aromatic N) is 2. The molecule has 0 unspecified atom stereocenters. The Hall–Kier alpha value is -2.27. The number of fused-ring (bicyclic) bond motifs is 1. The molecule has 1 aromatic heterocycles. The van der Waals surface area contributed by atoms with E-state index in [1.807, 2.05) is 35.4 Å². The van der Waals surface area contributed by atoms with Crippen LogP contribution < -0.4 is 0 Å². The summed E-state index contributed by atoms with van der Waals surface area (Å²) >= 11 is 1.69. The number of carbonyl (C=O) groups is 1. The summed E-state index contributed by atoms with van der Waals surface area (Å²) in [6.45, 7) is 0.654. The first-order valence-electron chi connectivity index (χ1n) is 7.19. The SMILES string of the molecule is O=C1CS[C@H](c2ccc3[nH]ncc3c2)N1Cc1ccccc1. The maximum absolute atomic E-state index is 12.3. The molecule has 1 atom stereocenters. The van der Waals surface area contributed by atoms with Gasteiger partial charge in [0, 0.05) is 11.9 Å². The van der Waals surface area contributed by atoms with Gasteiger partial charge in [-0.2, -0.15) is 5.10 Å². The van der Waals surface area contributed by atoms with E-state index < -0.39 is 0 Å². The van der Waals surface area contributed by atoms with Crippen LogP contribution in [0.15, 0.2) is 54.7 Å². The van der Waals surface area contributed by atoms with Crippen LogP contribution in [0.1, 0.15) is 16.5 Å². The second-order valence-electron chi connectivity index (χ2n) is 5.39. The van der Waals surface area contributed by atoms with Crippen LogP contribution in [0.5, 0.6) is 0 Å². The van der Waals surface area contributed by atoms with Crippen LogP contribution in [-0.2, 0) is 11.3 Å². The molecule has 110 valence electrons. The van der Waals surface area contributed by atoms with Gasteiger partial charge in [0.2, 0.25) is 5.91 Å². The lowest BCUT2D eigenvalue weighted by Gasteiger charge is -2.24. The van der Waals surface area contributed by atoms with Gasteiger partial charge in [-0.05, 0) is 23.3 Å². The lowest BCUT2D eigenvalue weighted by molar-refractivity contribution is -0.128. The molecule has 4 rings (SSSR count). The quantitative estimate of drug-likeness (QED) is 0.807. The highest BCUT2D eigenvalue weighted by atomic mass is 32.2. The topological polar surface area (TPSA) is 49.0 Å². The normalized spacial score (nSPS) is 18.3. The number of thioether (sulfide) groups is 1. The number of hydrogen-bond donors (Lipinski definition) is 1. The van der Waals surface area contributed by atoms with Crippen molar-refractivity contribution in [2.45, 2.75) is 11.9 Å². The number of aromatic nitrogens is 2. The fourth-order valence-electron chi connectivity index (χ4n) is 2.80. The van der Waals surface area contributed by atoms with Crippen LogP contribution in [0.4, 0.5) is 0 Å². The number of benzene rings is 2. The predicted octanol–water partition coefficient (Wildman–Crippen LogP) is 3.34. The van der Waals surface area contributed by atoms with Crippen molar-refractivity contribution in [3.8, 4) is 0 Å². The minimum absolute atomic E-state index is 0.0759. The molecule has 3 aromatic rings. The van der Waals surface area contributed by atoms with E-state index in [0.717, 1.165) is 22.0 Å². The second kappa shape index (κ2) is 5.50. The monoisotopic (exact) mass is 309 g/mol. The Bertz CT molecular complexity index is 815. The molecule has 22 heavy (non-hydrogen) atoms. The third kappa shape index (κ3) is 2.37. The van der Waals surface area contributed by atoms with Crippen LogP contribution >= 0.6 is 11.8 Å². The van der Waals surface area contributed by atoms with Crippen molar-refractivity contribution < 1.29 is 4.79 Å². The molecule has 4 nitrogen and oxygen atoms in total. The zero-order valence-electron chi connectivity index (χ0n) is 11.9. The lowest BCUT2D eigenvalue weighted by Crippen LogP contribution is -2.27. The molecule has 1 saturated heterocycles. The zero-order valence-corrected chi connectivity index (χ0v) is 12.7. The summed E-state index contributed by atoms with van der Waals surface area (Å²) in [5, 5.41) is 8.17. The molecule has 5 heteroatoms. The third-order valence-corrected chi connectivity index (χ3v) is 5.17. The Kier molecular flexibility index (Phi) is 3.35. The Labute approximate surface area is 132 Å². The van der Waals surface area contributed by atoms with E-state index in [1.165, 1.54) is 0 Å². The van der Waals surface area contributed by atoms with Crippen LogP contribution in [0.2, 0.25) is 0 Å². The van der Waals surface area contributed by atoms with Crippen molar-refractivity contribution >= 4 is 28.6 Å². The van der Waals surface area contributed by atoms with Gasteiger partial charge >= 0.3 is 0 Å². The number of hydrogen-bond acceptors (Lipinski definition) is 3. The molecule has 2 aromatic carbocycles. The first-order chi connectivity index (χ1) is 10.8. The van der Waals surface area contributed by atoms with Gasteiger partial charge in [-0.1, -0.05) is 36.4 Å². The minimum atomic E-state index is 0.0759. The number of carbonyl (C=O) groups excluding carboxylic acids is 1. The summed E-state index contributed by atoms with van der Waals surface area (Å²) in [6.07, 6.45) is 1.82. The molecule has 1 amide bonds. The van der Waals surface area contributed by atoms with Gasteiger partial charge in [0.15, 0.2) is 0 Å². The number of nitrogens with one attached hydrogen (secondary N) is 1. The second-order valence-corrected chi connectivity index (χ2v) is 6.46. The first kappa shape index (κ1) is 13.4. The van der Waals surface area contributed by atoms with E-state index in [2.05, 4.69) is 34.5 Å². The number of aromatic amines is 1. The van der Waals surface area contributed by atoms with E-state index >= 15 is 0 Å². The molecular formula is C17H15N3OS. The van der Waals surface area contributed by atoms with Gasteiger partial charge in [-0.3, -0.25) is 9.89 Å². The fraction of sp³-hybridized carbons (Fsp3) is 0.176. The maximum atomic E-state index is 12.3. The number of rotatable bonds is 3. The van der Waals surface area contributed by atoms with Crippen LogP contribution in [-0.4, -0.2) is 26.8 Å². The Balaban J connectivity index is 1.65. The average molecular weight is 309 g/mol. The summed E-state index contributed by atoms with van der Waals surface area (Å²) in [4.78, 5) is 14.2. The van der Waals surface area contributed by atoms with E-state index in [4.69, 9.17) is 0 Å². The zero-order chi connectivity index (χ0) is 14.9. The predicted molar refractivity (Wildman–Crippen MR) is 88.3 cm³/mol. The number of H-pyrrole nitrogens is 1.